The minimum Gasteiger partial charge on any atom is -0.444 e. The maximum atomic E-state index is 10.0. The van der Waals surface area contributed by atoms with Gasteiger partial charge in [0, 0.05) is 11.6 Å². The Labute approximate surface area is 130 Å². The topological polar surface area (TPSA) is 65.2 Å². The molecule has 0 unspecified atom stereocenters. The number of primary amides is 1. The van der Waals surface area contributed by atoms with Gasteiger partial charge < -0.3 is 10.5 Å². The summed E-state index contributed by atoms with van der Waals surface area (Å²) in [5, 5.41) is 2.86. The van der Waals surface area contributed by atoms with Crippen LogP contribution >= 0.6 is 11.6 Å². The van der Waals surface area contributed by atoms with Crippen LogP contribution in [-0.4, -0.2) is 16.7 Å². The van der Waals surface area contributed by atoms with E-state index in [0.717, 1.165) is 11.8 Å². The van der Waals surface area contributed by atoms with E-state index in [-0.39, 0.29) is 0 Å². The number of fused-ring (bicyclic) bond motifs is 1. The zero-order valence-electron chi connectivity index (χ0n) is 12.8. The molecule has 1 aromatic carbocycles. The first-order chi connectivity index (χ1) is 9.71. The number of rotatable bonds is 1. The second-order valence-corrected chi connectivity index (χ2v) is 5.96. The van der Waals surface area contributed by atoms with Crippen LogP contribution in [0.2, 0.25) is 5.15 Å². The fraction of sp³-hybridized carbons (Fsp3) is 0.375. The first-order valence-corrected chi connectivity index (χ1v) is 7.11. The molecule has 1 heterocycles. The normalized spacial score (nSPS) is 10.7. The molecule has 0 bridgehead atoms. The summed E-state index contributed by atoms with van der Waals surface area (Å²) in [7, 11) is 0. The van der Waals surface area contributed by atoms with Gasteiger partial charge >= 0.3 is 6.09 Å². The zero-order valence-corrected chi connectivity index (χ0v) is 13.6. The van der Waals surface area contributed by atoms with Gasteiger partial charge in [0.1, 0.15) is 10.8 Å². The number of ether oxygens (including phenoxy) is 1. The quantitative estimate of drug-likeness (QED) is 0.797. The molecule has 1 aromatic heterocycles. The zero-order chi connectivity index (χ0) is 16.0. The van der Waals surface area contributed by atoms with Crippen LogP contribution in [0.15, 0.2) is 30.5 Å². The molecule has 0 aliphatic heterocycles. The summed E-state index contributed by atoms with van der Waals surface area (Å²) in [6.45, 7) is 7.43. The summed E-state index contributed by atoms with van der Waals surface area (Å²) in [4.78, 5) is 14.0. The fourth-order valence-electron chi connectivity index (χ4n) is 1.69. The number of pyridine rings is 1. The van der Waals surface area contributed by atoms with E-state index in [9.17, 15) is 4.79 Å². The van der Waals surface area contributed by atoms with E-state index in [1.807, 2.05) is 6.07 Å². The number of benzene rings is 1. The number of carbonyl (C=O) groups is 1. The van der Waals surface area contributed by atoms with Crippen LogP contribution in [0.25, 0.3) is 10.8 Å². The average Bonchev–Trinajstić information content (AvgIpc) is 2.35. The molecule has 0 fully saturated rings. The Bertz CT molecular complexity index is 621. The second kappa shape index (κ2) is 7.27. The molecule has 1 amide bonds. The lowest BCUT2D eigenvalue weighted by Crippen LogP contribution is -2.27. The highest BCUT2D eigenvalue weighted by Crippen LogP contribution is 2.18. The van der Waals surface area contributed by atoms with Crippen LogP contribution in [0.5, 0.6) is 0 Å². The van der Waals surface area contributed by atoms with Crippen LogP contribution in [0.3, 0.4) is 0 Å². The van der Waals surface area contributed by atoms with Gasteiger partial charge in [-0.05, 0) is 44.2 Å². The molecule has 2 N–H and O–H groups in total. The first-order valence-electron chi connectivity index (χ1n) is 6.74. The average molecular weight is 309 g/mol. The molecule has 0 aliphatic rings. The molecule has 2 aromatic rings. The van der Waals surface area contributed by atoms with Crippen LogP contribution in [0.4, 0.5) is 4.79 Å². The van der Waals surface area contributed by atoms with Gasteiger partial charge in [-0.1, -0.05) is 36.7 Å². The number of hydrogen-bond donors (Lipinski definition) is 1. The Balaban J connectivity index is 0.000000240. The van der Waals surface area contributed by atoms with Crippen molar-refractivity contribution < 1.29 is 9.53 Å². The Morgan fingerprint density at radius 2 is 1.95 bits per heavy atom. The predicted molar refractivity (Wildman–Crippen MR) is 86.6 cm³/mol. The number of halogens is 1. The van der Waals surface area contributed by atoms with Gasteiger partial charge in [-0.3, -0.25) is 0 Å². The van der Waals surface area contributed by atoms with Crippen LogP contribution in [0.1, 0.15) is 33.3 Å². The lowest BCUT2D eigenvalue weighted by Gasteiger charge is -2.16. The van der Waals surface area contributed by atoms with Crippen molar-refractivity contribution in [3.8, 4) is 0 Å². The number of hydrogen-bond acceptors (Lipinski definition) is 3. The van der Waals surface area contributed by atoms with Crippen molar-refractivity contribution in [1.29, 1.82) is 0 Å². The highest BCUT2D eigenvalue weighted by atomic mass is 35.5. The summed E-state index contributed by atoms with van der Waals surface area (Å²) in [6.07, 6.45) is 2.13. The van der Waals surface area contributed by atoms with Gasteiger partial charge in [0.05, 0.1) is 0 Å². The molecule has 0 saturated carbocycles. The second-order valence-electron chi connectivity index (χ2n) is 5.58. The molecule has 114 valence electrons. The van der Waals surface area contributed by atoms with Gasteiger partial charge in [0.15, 0.2) is 0 Å². The number of nitrogens with zero attached hydrogens (tertiary/aromatic N) is 1. The highest BCUT2D eigenvalue weighted by Gasteiger charge is 2.12. The van der Waals surface area contributed by atoms with Crippen molar-refractivity contribution >= 4 is 28.5 Å². The van der Waals surface area contributed by atoms with Gasteiger partial charge in [0.25, 0.3) is 0 Å². The Hall–Kier alpha value is -1.81. The Kier molecular flexibility index (Phi) is 5.97. The van der Waals surface area contributed by atoms with Gasteiger partial charge in [-0.15, -0.1) is 0 Å². The van der Waals surface area contributed by atoms with E-state index in [1.54, 1.807) is 27.0 Å². The Morgan fingerprint density at radius 3 is 2.43 bits per heavy atom. The third-order valence-electron chi connectivity index (χ3n) is 2.57. The van der Waals surface area contributed by atoms with Gasteiger partial charge in [0.2, 0.25) is 0 Å². The smallest absolute Gasteiger partial charge is 0.405 e. The molecule has 0 spiro atoms. The van der Waals surface area contributed by atoms with Gasteiger partial charge in [-0.25, -0.2) is 9.78 Å². The standard InChI is InChI=1S/C11H10ClN.C5H11NO2/c1-2-8-3-4-9-7-13-11(12)6-10(9)5-8;1-5(2,3)8-4(6)7/h3-7H,2H2,1H3;1-3H3,(H2,6,7). The Morgan fingerprint density at radius 1 is 1.29 bits per heavy atom. The minimum absolute atomic E-state index is 0.453. The number of nitrogens with two attached hydrogens (primary N) is 1. The molecular weight excluding hydrogens is 288 g/mol. The summed E-state index contributed by atoms with van der Waals surface area (Å²) < 4.78 is 4.58. The molecule has 0 saturated heterocycles. The molecule has 4 nitrogen and oxygen atoms in total. The molecule has 21 heavy (non-hydrogen) atoms. The third-order valence-corrected chi connectivity index (χ3v) is 2.77. The van der Waals surface area contributed by atoms with E-state index in [0.29, 0.717) is 5.15 Å². The summed E-state index contributed by atoms with van der Waals surface area (Å²) in [6, 6.07) is 8.26. The van der Waals surface area contributed by atoms with E-state index in [4.69, 9.17) is 17.3 Å². The van der Waals surface area contributed by atoms with Crippen molar-refractivity contribution in [3.05, 3.63) is 41.2 Å². The number of carbonyl (C=O) groups excluding carboxylic acids is 1. The molecule has 5 heteroatoms. The first kappa shape index (κ1) is 17.2. The van der Waals surface area contributed by atoms with Crippen molar-refractivity contribution in [2.24, 2.45) is 5.73 Å². The van der Waals surface area contributed by atoms with Crippen LogP contribution in [0, 0.1) is 0 Å². The SMILES string of the molecule is CC(C)(C)OC(N)=O.CCc1ccc2cnc(Cl)cc2c1. The molecule has 0 aliphatic carbocycles. The molecule has 0 radical (unpaired) electrons. The maximum Gasteiger partial charge on any atom is 0.405 e. The van der Waals surface area contributed by atoms with Crippen molar-refractivity contribution in [2.75, 3.05) is 0 Å². The van der Waals surface area contributed by atoms with Crippen molar-refractivity contribution in [1.82, 2.24) is 4.98 Å². The third kappa shape index (κ3) is 6.45. The lowest BCUT2D eigenvalue weighted by atomic mass is 10.1. The molecule has 0 atom stereocenters. The molecule has 2 rings (SSSR count). The van der Waals surface area contributed by atoms with Crippen molar-refractivity contribution in [2.45, 2.75) is 39.7 Å². The van der Waals surface area contributed by atoms with Crippen LogP contribution < -0.4 is 5.73 Å². The highest BCUT2D eigenvalue weighted by molar-refractivity contribution is 6.30. The summed E-state index contributed by atoms with van der Waals surface area (Å²) in [5.41, 5.74) is 5.59. The maximum absolute atomic E-state index is 10.0. The lowest BCUT2D eigenvalue weighted by molar-refractivity contribution is 0.0600. The van der Waals surface area contributed by atoms with E-state index in [1.165, 1.54) is 10.9 Å². The number of aromatic nitrogens is 1. The summed E-state index contributed by atoms with van der Waals surface area (Å²) >= 11 is 5.80. The van der Waals surface area contributed by atoms with Crippen LogP contribution in [-0.2, 0) is 11.2 Å². The summed E-state index contributed by atoms with van der Waals surface area (Å²) in [5.74, 6) is 0. The molecular formula is C16H21ClN2O2. The van der Waals surface area contributed by atoms with Crippen molar-refractivity contribution in [3.63, 3.8) is 0 Å². The number of aryl methyl sites for hydroxylation is 1. The van der Waals surface area contributed by atoms with E-state index in [2.05, 4.69) is 34.8 Å². The minimum atomic E-state index is -0.725. The largest absolute Gasteiger partial charge is 0.444 e. The predicted octanol–water partition coefficient (Wildman–Crippen LogP) is 4.33. The van der Waals surface area contributed by atoms with Gasteiger partial charge in [-0.2, -0.15) is 0 Å². The van der Waals surface area contributed by atoms with E-state index >= 15 is 0 Å². The van der Waals surface area contributed by atoms with E-state index < -0.39 is 11.7 Å². The fourth-order valence-corrected chi connectivity index (χ4v) is 1.85. The monoisotopic (exact) mass is 308 g/mol. The number of amides is 1.